The summed E-state index contributed by atoms with van der Waals surface area (Å²) < 4.78 is 16.1. The Labute approximate surface area is 109 Å². The van der Waals surface area contributed by atoms with Crippen molar-refractivity contribution in [2.24, 2.45) is 0 Å². The highest BCUT2D eigenvalue weighted by atomic mass is 16.5. The third-order valence-corrected chi connectivity index (χ3v) is 2.76. The Morgan fingerprint density at radius 3 is 2.42 bits per heavy atom. The molecule has 0 spiro atoms. The fourth-order valence-corrected chi connectivity index (χ4v) is 1.82. The third kappa shape index (κ3) is 2.10. The number of methoxy groups -OCH3 is 2. The van der Waals surface area contributed by atoms with Gasteiger partial charge in [-0.3, -0.25) is 0 Å². The first kappa shape index (κ1) is 11.5. The number of rotatable bonds is 3. The lowest BCUT2D eigenvalue weighted by Gasteiger charge is -2.05. The van der Waals surface area contributed by atoms with Crippen LogP contribution in [-0.2, 0) is 0 Å². The molecule has 2 heterocycles. The van der Waals surface area contributed by atoms with E-state index >= 15 is 0 Å². The molecule has 96 valence electrons. The van der Waals surface area contributed by atoms with Crippen LogP contribution in [0.25, 0.3) is 22.7 Å². The summed E-state index contributed by atoms with van der Waals surface area (Å²) in [7, 11) is 3.21. The monoisotopic (exact) mass is 256 g/mol. The van der Waals surface area contributed by atoms with Gasteiger partial charge < -0.3 is 13.9 Å². The number of pyridine rings is 1. The fraction of sp³-hybridized carbons (Fsp3) is 0.143. The Morgan fingerprint density at radius 1 is 1.05 bits per heavy atom. The average molecular weight is 256 g/mol. The van der Waals surface area contributed by atoms with Crippen LogP contribution in [0.1, 0.15) is 0 Å². The molecule has 3 aromatic rings. The lowest BCUT2D eigenvalue weighted by molar-refractivity contribution is 0.394. The van der Waals surface area contributed by atoms with Crippen molar-refractivity contribution in [1.82, 2.24) is 9.97 Å². The number of oxazole rings is 1. The minimum atomic E-state index is 0.492. The topological polar surface area (TPSA) is 57.4 Å². The van der Waals surface area contributed by atoms with E-state index in [-0.39, 0.29) is 0 Å². The van der Waals surface area contributed by atoms with Gasteiger partial charge in [-0.05, 0) is 24.3 Å². The maximum atomic E-state index is 5.62. The standard InChI is InChI=1S/C14H12N2O3/c1-17-10-6-9(7-11(8-10)18-2)13-16-12-4-3-5-15-14(12)19-13/h3-8H,1-2H3. The number of fused-ring (bicyclic) bond motifs is 1. The van der Waals surface area contributed by atoms with Crippen LogP contribution in [0.15, 0.2) is 40.9 Å². The summed E-state index contributed by atoms with van der Waals surface area (Å²) in [5, 5.41) is 0. The molecular formula is C14H12N2O3. The second-order valence-electron chi connectivity index (χ2n) is 3.95. The Kier molecular flexibility index (Phi) is 2.79. The first-order valence-corrected chi connectivity index (χ1v) is 5.75. The molecule has 0 amide bonds. The minimum absolute atomic E-state index is 0.492. The van der Waals surface area contributed by atoms with Gasteiger partial charge >= 0.3 is 0 Å². The summed E-state index contributed by atoms with van der Waals surface area (Å²) in [6, 6.07) is 9.15. The van der Waals surface area contributed by atoms with Crippen molar-refractivity contribution in [3.8, 4) is 23.0 Å². The maximum Gasteiger partial charge on any atom is 0.247 e. The molecule has 0 N–H and O–H groups in total. The van der Waals surface area contributed by atoms with Crippen LogP contribution in [-0.4, -0.2) is 24.2 Å². The molecule has 1 aromatic carbocycles. The molecule has 19 heavy (non-hydrogen) atoms. The van der Waals surface area contributed by atoms with E-state index in [9.17, 15) is 0 Å². The van der Waals surface area contributed by atoms with Gasteiger partial charge in [-0.1, -0.05) is 0 Å². The van der Waals surface area contributed by atoms with Crippen LogP contribution in [0.2, 0.25) is 0 Å². The summed E-state index contributed by atoms with van der Waals surface area (Å²) >= 11 is 0. The van der Waals surface area contributed by atoms with Crippen molar-refractivity contribution in [2.75, 3.05) is 14.2 Å². The Balaban J connectivity index is 2.14. The predicted molar refractivity (Wildman–Crippen MR) is 70.3 cm³/mol. The van der Waals surface area contributed by atoms with Crippen LogP contribution in [0.3, 0.4) is 0 Å². The van der Waals surface area contributed by atoms with Gasteiger partial charge in [0.05, 0.1) is 14.2 Å². The molecule has 0 atom stereocenters. The number of hydrogen-bond acceptors (Lipinski definition) is 5. The first-order valence-electron chi connectivity index (χ1n) is 5.75. The lowest BCUT2D eigenvalue weighted by atomic mass is 10.2. The number of nitrogens with zero attached hydrogens (tertiary/aromatic N) is 2. The molecule has 5 heteroatoms. The fourth-order valence-electron chi connectivity index (χ4n) is 1.82. The highest BCUT2D eigenvalue weighted by Gasteiger charge is 2.11. The zero-order chi connectivity index (χ0) is 13.2. The van der Waals surface area contributed by atoms with E-state index in [1.54, 1.807) is 26.5 Å². The van der Waals surface area contributed by atoms with Crippen LogP contribution < -0.4 is 9.47 Å². The van der Waals surface area contributed by atoms with Crippen LogP contribution >= 0.6 is 0 Å². The Hall–Kier alpha value is -2.56. The lowest BCUT2D eigenvalue weighted by Crippen LogP contribution is -1.88. The molecule has 0 radical (unpaired) electrons. The summed E-state index contributed by atoms with van der Waals surface area (Å²) in [6.45, 7) is 0. The molecule has 2 aromatic heterocycles. The quantitative estimate of drug-likeness (QED) is 0.721. The van der Waals surface area contributed by atoms with Gasteiger partial charge in [-0.2, -0.15) is 0 Å². The molecule has 0 saturated carbocycles. The molecule has 0 aliphatic rings. The van der Waals surface area contributed by atoms with Crippen LogP contribution in [0, 0.1) is 0 Å². The summed E-state index contributed by atoms with van der Waals surface area (Å²) in [5.41, 5.74) is 2.02. The van der Waals surface area contributed by atoms with Gasteiger partial charge in [0, 0.05) is 17.8 Å². The zero-order valence-electron chi connectivity index (χ0n) is 10.6. The molecule has 0 bridgehead atoms. The minimum Gasteiger partial charge on any atom is -0.497 e. The van der Waals surface area contributed by atoms with E-state index in [4.69, 9.17) is 13.9 Å². The number of ether oxygens (including phenoxy) is 2. The van der Waals surface area contributed by atoms with E-state index in [0.717, 1.165) is 11.1 Å². The largest absolute Gasteiger partial charge is 0.497 e. The number of aromatic nitrogens is 2. The van der Waals surface area contributed by atoms with E-state index in [0.29, 0.717) is 23.1 Å². The summed E-state index contributed by atoms with van der Waals surface area (Å²) in [4.78, 5) is 8.51. The van der Waals surface area contributed by atoms with E-state index in [2.05, 4.69) is 9.97 Å². The normalized spacial score (nSPS) is 10.6. The Bertz CT molecular complexity index is 666. The highest BCUT2D eigenvalue weighted by Crippen LogP contribution is 2.30. The van der Waals surface area contributed by atoms with Crippen molar-refractivity contribution in [3.05, 3.63) is 36.5 Å². The van der Waals surface area contributed by atoms with Gasteiger partial charge in [-0.15, -0.1) is 0 Å². The van der Waals surface area contributed by atoms with Gasteiger partial charge in [0.2, 0.25) is 11.6 Å². The molecule has 0 unspecified atom stereocenters. The van der Waals surface area contributed by atoms with E-state index < -0.39 is 0 Å². The predicted octanol–water partition coefficient (Wildman–Crippen LogP) is 2.91. The van der Waals surface area contributed by atoms with Gasteiger partial charge in [0.25, 0.3) is 0 Å². The molecule has 0 aliphatic carbocycles. The zero-order valence-corrected chi connectivity index (χ0v) is 10.6. The molecule has 5 nitrogen and oxygen atoms in total. The summed E-state index contributed by atoms with van der Waals surface area (Å²) in [5.74, 6) is 1.86. The van der Waals surface area contributed by atoms with Crippen molar-refractivity contribution in [2.45, 2.75) is 0 Å². The van der Waals surface area contributed by atoms with Crippen LogP contribution in [0.4, 0.5) is 0 Å². The smallest absolute Gasteiger partial charge is 0.247 e. The van der Waals surface area contributed by atoms with Crippen molar-refractivity contribution < 1.29 is 13.9 Å². The first-order chi connectivity index (χ1) is 9.30. The molecule has 0 saturated heterocycles. The number of hydrogen-bond donors (Lipinski definition) is 0. The second-order valence-corrected chi connectivity index (χ2v) is 3.95. The summed E-state index contributed by atoms with van der Waals surface area (Å²) in [6.07, 6.45) is 1.67. The molecular weight excluding hydrogens is 244 g/mol. The Morgan fingerprint density at radius 2 is 1.79 bits per heavy atom. The second kappa shape index (κ2) is 4.61. The SMILES string of the molecule is COc1cc(OC)cc(-c2nc3cccnc3o2)c1. The van der Waals surface area contributed by atoms with Crippen molar-refractivity contribution >= 4 is 11.2 Å². The van der Waals surface area contributed by atoms with Gasteiger partial charge in [0.1, 0.15) is 17.0 Å². The van der Waals surface area contributed by atoms with Crippen LogP contribution in [0.5, 0.6) is 11.5 Å². The van der Waals surface area contributed by atoms with Crippen molar-refractivity contribution in [3.63, 3.8) is 0 Å². The van der Waals surface area contributed by atoms with Gasteiger partial charge in [-0.25, -0.2) is 9.97 Å². The molecule has 0 aliphatic heterocycles. The highest BCUT2D eigenvalue weighted by molar-refractivity contribution is 5.73. The van der Waals surface area contributed by atoms with Crippen molar-refractivity contribution in [1.29, 1.82) is 0 Å². The molecule has 3 rings (SSSR count). The van der Waals surface area contributed by atoms with Gasteiger partial charge in [0.15, 0.2) is 0 Å². The third-order valence-electron chi connectivity index (χ3n) is 2.76. The maximum absolute atomic E-state index is 5.62. The van der Waals surface area contributed by atoms with E-state index in [1.807, 2.05) is 24.3 Å². The number of benzene rings is 1. The average Bonchev–Trinajstić information content (AvgIpc) is 2.90. The molecule has 0 fully saturated rings. The van der Waals surface area contributed by atoms with E-state index in [1.165, 1.54) is 0 Å².